The lowest BCUT2D eigenvalue weighted by Crippen LogP contribution is -2.21. The second-order valence-electron chi connectivity index (χ2n) is 13.0. The van der Waals surface area contributed by atoms with Crippen LogP contribution in [-0.2, 0) is 0 Å². The minimum absolute atomic E-state index is 0.499. The molecule has 8 rings (SSSR count). The molecule has 4 aromatic carbocycles. The van der Waals surface area contributed by atoms with E-state index in [1.54, 1.807) is 0 Å². The van der Waals surface area contributed by atoms with Crippen molar-refractivity contribution in [3.8, 4) is 39.5 Å². The maximum atomic E-state index is 6.29. The highest BCUT2D eigenvalue weighted by Crippen LogP contribution is 2.38. The number of rotatable bonds is 9. The fraction of sp³-hybridized carbons (Fsp3) is 0.317. The van der Waals surface area contributed by atoms with Crippen LogP contribution in [0.2, 0.25) is 0 Å². The third-order valence-electron chi connectivity index (χ3n) is 9.92. The van der Waals surface area contributed by atoms with Gasteiger partial charge in [-0.1, -0.05) is 73.9 Å². The zero-order valence-electron chi connectivity index (χ0n) is 26.6. The van der Waals surface area contributed by atoms with E-state index in [0.29, 0.717) is 6.04 Å². The van der Waals surface area contributed by atoms with E-state index in [9.17, 15) is 0 Å². The Hall–Kier alpha value is -4.48. The van der Waals surface area contributed by atoms with Crippen molar-refractivity contribution in [2.45, 2.75) is 57.4 Å². The number of aromatic nitrogens is 3. The van der Waals surface area contributed by atoms with Gasteiger partial charge < -0.3 is 14.2 Å². The lowest BCUT2D eigenvalue weighted by atomic mass is 9.94. The Kier molecular flexibility index (Phi) is 8.24. The predicted molar refractivity (Wildman–Crippen MR) is 189 cm³/mol. The first-order chi connectivity index (χ1) is 22.8. The van der Waals surface area contributed by atoms with Gasteiger partial charge in [0.15, 0.2) is 0 Å². The van der Waals surface area contributed by atoms with Gasteiger partial charge in [0, 0.05) is 29.1 Å². The van der Waals surface area contributed by atoms with E-state index in [4.69, 9.17) is 14.7 Å². The van der Waals surface area contributed by atoms with Gasteiger partial charge in [-0.2, -0.15) is 0 Å². The van der Waals surface area contributed by atoms with Crippen molar-refractivity contribution >= 4 is 21.9 Å². The van der Waals surface area contributed by atoms with E-state index in [1.165, 1.54) is 69.1 Å². The first-order valence-corrected chi connectivity index (χ1v) is 17.2. The third kappa shape index (κ3) is 5.92. The number of fused-ring (bicyclic) bond motifs is 2. The average Bonchev–Trinajstić information content (AvgIpc) is 3.79. The van der Waals surface area contributed by atoms with Gasteiger partial charge in [0.2, 0.25) is 0 Å². The molecule has 2 fully saturated rings. The molecule has 46 heavy (non-hydrogen) atoms. The Labute approximate surface area is 271 Å². The minimum Gasteiger partial charge on any atom is -0.494 e. The van der Waals surface area contributed by atoms with E-state index < -0.39 is 0 Å². The fourth-order valence-electron chi connectivity index (χ4n) is 7.55. The molecule has 0 atom stereocenters. The summed E-state index contributed by atoms with van der Waals surface area (Å²) in [7, 11) is 0. The fourth-order valence-corrected chi connectivity index (χ4v) is 7.55. The third-order valence-corrected chi connectivity index (χ3v) is 9.92. The number of para-hydroxylation sites is 2. The van der Waals surface area contributed by atoms with Crippen LogP contribution in [0.1, 0.15) is 57.4 Å². The van der Waals surface area contributed by atoms with E-state index in [2.05, 4.69) is 113 Å². The van der Waals surface area contributed by atoms with Crippen molar-refractivity contribution in [3.63, 3.8) is 0 Å². The van der Waals surface area contributed by atoms with Crippen LogP contribution in [0.5, 0.6) is 5.75 Å². The van der Waals surface area contributed by atoms with Crippen LogP contribution in [0.25, 0.3) is 55.7 Å². The van der Waals surface area contributed by atoms with Crippen molar-refractivity contribution in [2.75, 3.05) is 26.2 Å². The number of nitrogens with zero attached hydrogens (tertiary/aromatic N) is 4. The molecule has 5 heteroatoms. The van der Waals surface area contributed by atoms with E-state index >= 15 is 0 Å². The molecule has 1 aliphatic carbocycles. The summed E-state index contributed by atoms with van der Waals surface area (Å²) in [4.78, 5) is 12.9. The highest BCUT2D eigenvalue weighted by atomic mass is 16.5. The van der Waals surface area contributed by atoms with Crippen molar-refractivity contribution in [1.82, 2.24) is 19.4 Å². The van der Waals surface area contributed by atoms with Crippen molar-refractivity contribution in [2.24, 2.45) is 0 Å². The van der Waals surface area contributed by atoms with Crippen molar-refractivity contribution in [1.29, 1.82) is 0 Å². The Morgan fingerprint density at radius 3 is 2.35 bits per heavy atom. The summed E-state index contributed by atoms with van der Waals surface area (Å²) in [5.74, 6) is 1.97. The lowest BCUT2D eigenvalue weighted by Gasteiger charge is -2.25. The molecule has 6 aromatic rings. The van der Waals surface area contributed by atoms with Crippen LogP contribution in [0.15, 0.2) is 103 Å². The largest absolute Gasteiger partial charge is 0.494 e. The zero-order valence-corrected chi connectivity index (χ0v) is 26.6. The quantitative estimate of drug-likeness (QED) is 0.154. The van der Waals surface area contributed by atoms with Crippen molar-refractivity contribution in [3.05, 3.63) is 103 Å². The van der Waals surface area contributed by atoms with Gasteiger partial charge in [-0.05, 0) is 105 Å². The molecule has 0 spiro atoms. The molecule has 0 bridgehead atoms. The highest BCUT2D eigenvalue weighted by molar-refractivity contribution is 5.90. The van der Waals surface area contributed by atoms with Crippen molar-refractivity contribution < 1.29 is 4.74 Å². The lowest BCUT2D eigenvalue weighted by molar-refractivity contribution is 0.263. The second-order valence-corrected chi connectivity index (χ2v) is 13.0. The monoisotopic (exact) mass is 606 g/mol. The summed E-state index contributed by atoms with van der Waals surface area (Å²) in [6.45, 7) is 4.29. The van der Waals surface area contributed by atoms with E-state index in [1.807, 2.05) is 0 Å². The Morgan fingerprint density at radius 2 is 1.48 bits per heavy atom. The molecule has 2 aliphatic rings. The maximum absolute atomic E-state index is 6.29. The number of hydrogen-bond donors (Lipinski definition) is 0. The highest BCUT2D eigenvalue weighted by Gasteiger charge is 2.22. The first kappa shape index (κ1) is 29.0. The summed E-state index contributed by atoms with van der Waals surface area (Å²) in [5.41, 5.74) is 8.83. The van der Waals surface area contributed by atoms with Crippen LogP contribution in [0.3, 0.4) is 0 Å². The number of pyridine rings is 1. The van der Waals surface area contributed by atoms with Gasteiger partial charge in [-0.15, -0.1) is 0 Å². The maximum Gasteiger partial charge on any atom is 0.141 e. The molecule has 2 aromatic heterocycles. The number of ether oxygens (including phenoxy) is 1. The van der Waals surface area contributed by atoms with Gasteiger partial charge in [0.25, 0.3) is 0 Å². The second kappa shape index (κ2) is 13.1. The number of hydrogen-bond acceptors (Lipinski definition) is 4. The van der Waals surface area contributed by atoms with Gasteiger partial charge in [0.1, 0.15) is 11.6 Å². The molecule has 1 aliphatic heterocycles. The molecule has 232 valence electrons. The molecule has 1 saturated heterocycles. The van der Waals surface area contributed by atoms with Gasteiger partial charge >= 0.3 is 0 Å². The summed E-state index contributed by atoms with van der Waals surface area (Å²) in [6, 6.07) is 37.2. The number of likely N-dealkylation sites (tertiary alicyclic amines) is 1. The van der Waals surface area contributed by atoms with Crippen LogP contribution >= 0.6 is 0 Å². The molecule has 3 heterocycles. The van der Waals surface area contributed by atoms with Crippen LogP contribution < -0.4 is 4.74 Å². The Balaban J connectivity index is 1.12. The molecule has 0 unspecified atom stereocenters. The minimum atomic E-state index is 0.499. The molecule has 0 N–H and O–H groups in total. The number of imidazole rings is 1. The Morgan fingerprint density at radius 1 is 0.652 bits per heavy atom. The zero-order chi connectivity index (χ0) is 30.7. The topological polar surface area (TPSA) is 43.2 Å². The SMILES string of the molecule is c1ccc(-c2ccc(OCCCN3CCCC3)cc2-c2ccc3cc(-c4nc5ccccc5n4C4CCCCC4)ccc3n2)cc1. The van der Waals surface area contributed by atoms with Gasteiger partial charge in [-0.3, -0.25) is 0 Å². The smallest absolute Gasteiger partial charge is 0.141 e. The van der Waals surface area contributed by atoms with E-state index in [-0.39, 0.29) is 0 Å². The van der Waals surface area contributed by atoms with E-state index in [0.717, 1.165) is 70.0 Å². The summed E-state index contributed by atoms with van der Waals surface area (Å²) >= 11 is 0. The Bertz CT molecular complexity index is 1950. The van der Waals surface area contributed by atoms with Crippen LogP contribution in [0, 0.1) is 0 Å². The summed E-state index contributed by atoms with van der Waals surface area (Å²) in [6.07, 6.45) is 10.0. The molecule has 0 amide bonds. The predicted octanol–water partition coefficient (Wildman–Crippen LogP) is 9.96. The normalized spacial score (nSPS) is 16.0. The van der Waals surface area contributed by atoms with Crippen LogP contribution in [0.4, 0.5) is 0 Å². The number of benzene rings is 4. The van der Waals surface area contributed by atoms with Crippen LogP contribution in [-0.4, -0.2) is 45.7 Å². The average molecular weight is 607 g/mol. The first-order valence-electron chi connectivity index (χ1n) is 17.2. The van der Waals surface area contributed by atoms with Gasteiger partial charge in [-0.25, -0.2) is 9.97 Å². The summed E-state index contributed by atoms with van der Waals surface area (Å²) < 4.78 is 8.81. The molecule has 1 saturated carbocycles. The van der Waals surface area contributed by atoms with Gasteiger partial charge in [0.05, 0.1) is 28.9 Å². The standard InChI is InChI=1S/C41H42N4O/c1-3-12-30(13-4-1)35-21-20-34(46-27-11-26-44-24-9-10-25-44)29-36(35)38-23-18-31-28-32(19-22-37(31)42-38)41-43-39-16-7-8-17-40(39)45(41)33-14-5-2-6-15-33/h1,3-4,7-8,12-13,16-23,28-29,33H,2,5-6,9-11,14-15,24-27H2. The molecule has 0 radical (unpaired) electrons. The summed E-state index contributed by atoms with van der Waals surface area (Å²) in [5, 5.41) is 1.12. The molecule has 5 nitrogen and oxygen atoms in total. The molecular formula is C41H42N4O. The molecular weight excluding hydrogens is 564 g/mol.